The van der Waals surface area contributed by atoms with Crippen LogP contribution in [-0.4, -0.2) is 29.6 Å². The normalized spacial score (nSPS) is 11.8. The van der Waals surface area contributed by atoms with Gasteiger partial charge < -0.3 is 15.2 Å². The number of hydrogen-bond donors (Lipinski definition) is 2. The van der Waals surface area contributed by atoms with Gasteiger partial charge >= 0.3 is 5.97 Å². The molecular formula is C13H15ClFNO4. The molecule has 7 heteroatoms. The lowest BCUT2D eigenvalue weighted by Crippen LogP contribution is -2.42. The molecule has 0 saturated carbocycles. The molecule has 2 N–H and O–H groups in total. The number of carbonyl (C=O) groups is 2. The monoisotopic (exact) mass is 303 g/mol. The van der Waals surface area contributed by atoms with Gasteiger partial charge in [-0.25, -0.2) is 9.18 Å². The van der Waals surface area contributed by atoms with E-state index in [1.165, 1.54) is 12.1 Å². The van der Waals surface area contributed by atoms with Crippen molar-refractivity contribution >= 4 is 23.5 Å². The van der Waals surface area contributed by atoms with Crippen molar-refractivity contribution < 1.29 is 23.8 Å². The van der Waals surface area contributed by atoms with Crippen LogP contribution in [0.25, 0.3) is 0 Å². The molecule has 0 spiro atoms. The summed E-state index contributed by atoms with van der Waals surface area (Å²) in [4.78, 5) is 22.4. The molecule has 1 rings (SSSR count). The second-order valence-corrected chi connectivity index (χ2v) is 4.52. The minimum Gasteiger partial charge on any atom is -0.484 e. The second-order valence-electron chi connectivity index (χ2n) is 4.11. The van der Waals surface area contributed by atoms with Crippen molar-refractivity contribution in [3.8, 4) is 5.75 Å². The summed E-state index contributed by atoms with van der Waals surface area (Å²) in [5, 5.41) is 11.1. The fraction of sp³-hybridized carbons (Fsp3) is 0.385. The van der Waals surface area contributed by atoms with Crippen LogP contribution in [0.3, 0.4) is 0 Å². The van der Waals surface area contributed by atoms with E-state index in [1.807, 2.05) is 6.92 Å². The van der Waals surface area contributed by atoms with Crippen molar-refractivity contribution in [1.82, 2.24) is 5.32 Å². The Kier molecular flexibility index (Phi) is 6.24. The molecule has 1 aromatic carbocycles. The summed E-state index contributed by atoms with van der Waals surface area (Å²) in [6, 6.07) is 2.75. The summed E-state index contributed by atoms with van der Waals surface area (Å²) < 4.78 is 18.0. The number of carboxylic acid groups (broad SMARTS) is 1. The maximum atomic E-state index is 12.9. The average Bonchev–Trinajstić information content (AvgIpc) is 2.39. The van der Waals surface area contributed by atoms with Crippen LogP contribution in [0.2, 0.25) is 5.02 Å². The third kappa shape index (κ3) is 5.05. The van der Waals surface area contributed by atoms with Gasteiger partial charge in [-0.3, -0.25) is 4.79 Å². The van der Waals surface area contributed by atoms with Gasteiger partial charge in [0.1, 0.15) is 17.6 Å². The van der Waals surface area contributed by atoms with Gasteiger partial charge in [0, 0.05) is 6.07 Å². The highest BCUT2D eigenvalue weighted by Gasteiger charge is 2.18. The molecule has 0 fully saturated rings. The van der Waals surface area contributed by atoms with Crippen molar-refractivity contribution in [2.75, 3.05) is 6.61 Å². The van der Waals surface area contributed by atoms with Crippen LogP contribution < -0.4 is 10.1 Å². The molecule has 1 amide bonds. The number of halogens is 2. The summed E-state index contributed by atoms with van der Waals surface area (Å²) in [5.41, 5.74) is 0. The van der Waals surface area contributed by atoms with E-state index in [9.17, 15) is 14.0 Å². The SMILES string of the molecule is CCCC(NC(=O)COc1ccc(F)c(Cl)c1)C(=O)O. The van der Waals surface area contributed by atoms with Gasteiger partial charge in [-0.15, -0.1) is 0 Å². The van der Waals surface area contributed by atoms with Gasteiger partial charge in [0.25, 0.3) is 5.91 Å². The Morgan fingerprint density at radius 2 is 2.20 bits per heavy atom. The van der Waals surface area contributed by atoms with E-state index in [0.717, 1.165) is 6.07 Å². The third-order valence-electron chi connectivity index (χ3n) is 2.47. The van der Waals surface area contributed by atoms with E-state index in [1.54, 1.807) is 0 Å². The number of carboxylic acids is 1. The molecule has 0 radical (unpaired) electrons. The molecule has 110 valence electrons. The number of benzene rings is 1. The van der Waals surface area contributed by atoms with E-state index in [2.05, 4.69) is 5.32 Å². The molecule has 0 aliphatic heterocycles. The third-order valence-corrected chi connectivity index (χ3v) is 2.76. The average molecular weight is 304 g/mol. The highest BCUT2D eigenvalue weighted by atomic mass is 35.5. The van der Waals surface area contributed by atoms with E-state index in [0.29, 0.717) is 12.8 Å². The zero-order valence-electron chi connectivity index (χ0n) is 10.9. The highest BCUT2D eigenvalue weighted by Crippen LogP contribution is 2.20. The Morgan fingerprint density at radius 1 is 1.50 bits per heavy atom. The van der Waals surface area contributed by atoms with Crippen LogP contribution in [0.1, 0.15) is 19.8 Å². The zero-order chi connectivity index (χ0) is 15.1. The van der Waals surface area contributed by atoms with Gasteiger partial charge in [0.15, 0.2) is 6.61 Å². The van der Waals surface area contributed by atoms with Crippen LogP contribution in [0, 0.1) is 5.82 Å². The molecule has 20 heavy (non-hydrogen) atoms. The number of carbonyl (C=O) groups excluding carboxylic acids is 1. The Morgan fingerprint density at radius 3 is 2.75 bits per heavy atom. The first-order valence-electron chi connectivity index (χ1n) is 6.04. The number of rotatable bonds is 7. The van der Waals surface area contributed by atoms with Crippen molar-refractivity contribution in [1.29, 1.82) is 0 Å². The lowest BCUT2D eigenvalue weighted by molar-refractivity contribution is -0.142. The molecule has 1 aromatic rings. The molecule has 0 aliphatic rings. The van der Waals surface area contributed by atoms with Crippen molar-refractivity contribution in [3.63, 3.8) is 0 Å². The Labute approximate surface area is 120 Å². The minimum atomic E-state index is -1.09. The maximum Gasteiger partial charge on any atom is 0.326 e. The summed E-state index contributed by atoms with van der Waals surface area (Å²) in [7, 11) is 0. The van der Waals surface area contributed by atoms with Crippen LogP contribution >= 0.6 is 11.6 Å². The highest BCUT2D eigenvalue weighted by molar-refractivity contribution is 6.30. The fourth-order valence-electron chi connectivity index (χ4n) is 1.50. The lowest BCUT2D eigenvalue weighted by atomic mass is 10.2. The Hall–Kier alpha value is -1.82. The topological polar surface area (TPSA) is 75.6 Å². The van der Waals surface area contributed by atoms with E-state index < -0.39 is 23.7 Å². The van der Waals surface area contributed by atoms with Gasteiger partial charge in [-0.1, -0.05) is 24.9 Å². The summed E-state index contributed by atoms with van der Waals surface area (Å²) in [6.45, 7) is 1.45. The number of nitrogens with one attached hydrogen (secondary N) is 1. The summed E-state index contributed by atoms with van der Waals surface area (Å²) in [5.74, 6) is -2.01. The smallest absolute Gasteiger partial charge is 0.326 e. The van der Waals surface area contributed by atoms with Crippen molar-refractivity contribution in [2.45, 2.75) is 25.8 Å². The number of aliphatic carboxylic acids is 1. The quantitative estimate of drug-likeness (QED) is 0.810. The zero-order valence-corrected chi connectivity index (χ0v) is 11.6. The van der Waals surface area contributed by atoms with Crippen molar-refractivity contribution in [3.05, 3.63) is 29.0 Å². The van der Waals surface area contributed by atoms with Gasteiger partial charge in [0.05, 0.1) is 5.02 Å². The largest absolute Gasteiger partial charge is 0.484 e. The Balaban J connectivity index is 2.50. The number of amides is 1. The first-order valence-corrected chi connectivity index (χ1v) is 6.41. The van der Waals surface area contributed by atoms with Crippen LogP contribution in [0.15, 0.2) is 18.2 Å². The van der Waals surface area contributed by atoms with E-state index in [-0.39, 0.29) is 17.4 Å². The maximum absolute atomic E-state index is 12.9. The number of hydrogen-bond acceptors (Lipinski definition) is 3. The standard InChI is InChI=1S/C13H15ClFNO4/c1-2-3-11(13(18)19)16-12(17)7-20-8-4-5-10(15)9(14)6-8/h4-6,11H,2-3,7H2,1H3,(H,16,17)(H,18,19). The van der Waals surface area contributed by atoms with Gasteiger partial charge in [-0.2, -0.15) is 0 Å². The predicted molar refractivity (Wildman–Crippen MR) is 71.4 cm³/mol. The fourth-order valence-corrected chi connectivity index (χ4v) is 1.67. The molecule has 0 aliphatic carbocycles. The molecule has 5 nitrogen and oxygen atoms in total. The van der Waals surface area contributed by atoms with E-state index in [4.69, 9.17) is 21.4 Å². The van der Waals surface area contributed by atoms with E-state index >= 15 is 0 Å². The molecule has 1 atom stereocenters. The molecule has 0 heterocycles. The molecule has 0 bridgehead atoms. The second kappa shape index (κ2) is 7.69. The predicted octanol–water partition coefficient (Wildman–Crippen LogP) is 2.23. The van der Waals surface area contributed by atoms with Crippen LogP contribution in [0.4, 0.5) is 4.39 Å². The molecular weight excluding hydrogens is 289 g/mol. The molecule has 1 unspecified atom stereocenters. The van der Waals surface area contributed by atoms with Crippen molar-refractivity contribution in [2.24, 2.45) is 0 Å². The number of ether oxygens (including phenoxy) is 1. The molecule has 0 aromatic heterocycles. The lowest BCUT2D eigenvalue weighted by Gasteiger charge is -2.14. The first kappa shape index (κ1) is 16.2. The van der Waals surface area contributed by atoms with Gasteiger partial charge in [0.2, 0.25) is 0 Å². The summed E-state index contributed by atoms with van der Waals surface area (Å²) >= 11 is 5.56. The molecule has 0 saturated heterocycles. The summed E-state index contributed by atoms with van der Waals surface area (Å²) in [6.07, 6.45) is 0.967. The minimum absolute atomic E-state index is 0.114. The van der Waals surface area contributed by atoms with Crippen LogP contribution in [0.5, 0.6) is 5.75 Å². The first-order chi connectivity index (χ1) is 9.43. The van der Waals surface area contributed by atoms with Gasteiger partial charge in [-0.05, 0) is 18.6 Å². The van der Waals surface area contributed by atoms with Crippen LogP contribution in [-0.2, 0) is 9.59 Å². The Bertz CT molecular complexity index is 495.